The fraction of sp³-hybridized carbons (Fsp3) is 0.818. The largest absolute Gasteiger partial charge is 0.383 e. The zero-order valence-electron chi connectivity index (χ0n) is 18.6. The van der Waals surface area contributed by atoms with Gasteiger partial charge in [-0.1, -0.05) is 18.7 Å². The Morgan fingerprint density at radius 3 is 2.55 bits per heavy atom. The van der Waals surface area contributed by atoms with Crippen LogP contribution in [0.1, 0.15) is 38.2 Å². The number of likely N-dealkylation sites (tertiary alicyclic amines) is 2. The molecular formula is C22H39N5OS. The number of ether oxygens (including phenoxy) is 1. The van der Waals surface area contributed by atoms with Crippen LogP contribution >= 0.6 is 11.8 Å². The molecule has 1 unspecified atom stereocenters. The molecule has 2 saturated heterocycles. The van der Waals surface area contributed by atoms with Crippen LogP contribution in [0.4, 0.5) is 0 Å². The van der Waals surface area contributed by atoms with Crippen LogP contribution in [-0.2, 0) is 11.3 Å². The van der Waals surface area contributed by atoms with Gasteiger partial charge in [0.15, 0.2) is 5.16 Å². The fourth-order valence-electron chi connectivity index (χ4n) is 4.79. The van der Waals surface area contributed by atoms with Crippen molar-refractivity contribution in [1.82, 2.24) is 24.7 Å². The lowest BCUT2D eigenvalue weighted by atomic mass is 9.95. The van der Waals surface area contributed by atoms with Crippen molar-refractivity contribution in [3.8, 4) is 0 Å². The molecule has 0 spiro atoms. The Bertz CT molecular complexity index is 579. The Kier molecular flexibility index (Phi) is 9.66. The van der Waals surface area contributed by atoms with Crippen molar-refractivity contribution in [3.05, 3.63) is 18.0 Å². The van der Waals surface area contributed by atoms with Crippen molar-refractivity contribution in [2.75, 3.05) is 65.8 Å². The number of thioether (sulfide) groups is 1. The minimum absolute atomic E-state index is 0.702. The highest BCUT2D eigenvalue weighted by molar-refractivity contribution is 7.98. The molecule has 0 amide bonds. The van der Waals surface area contributed by atoms with Gasteiger partial charge >= 0.3 is 0 Å². The van der Waals surface area contributed by atoms with Gasteiger partial charge in [0.2, 0.25) is 0 Å². The van der Waals surface area contributed by atoms with E-state index in [1.165, 1.54) is 70.5 Å². The van der Waals surface area contributed by atoms with Crippen molar-refractivity contribution < 1.29 is 4.74 Å². The number of piperidine rings is 1. The summed E-state index contributed by atoms with van der Waals surface area (Å²) in [5.41, 5.74) is 1.24. The summed E-state index contributed by atoms with van der Waals surface area (Å²) in [6.07, 6.45) is 11.3. The van der Waals surface area contributed by atoms with E-state index in [2.05, 4.69) is 31.6 Å². The normalized spacial score (nSPS) is 22.0. The van der Waals surface area contributed by atoms with Crippen LogP contribution in [0.5, 0.6) is 0 Å². The van der Waals surface area contributed by atoms with Gasteiger partial charge in [0.1, 0.15) is 0 Å². The van der Waals surface area contributed by atoms with Crippen molar-refractivity contribution in [3.63, 3.8) is 0 Å². The molecule has 2 aliphatic rings. The predicted molar refractivity (Wildman–Crippen MR) is 120 cm³/mol. The Morgan fingerprint density at radius 1 is 1.14 bits per heavy atom. The second kappa shape index (κ2) is 12.2. The van der Waals surface area contributed by atoms with Gasteiger partial charge in [0.05, 0.1) is 6.61 Å². The van der Waals surface area contributed by atoms with Crippen LogP contribution in [0.3, 0.4) is 0 Å². The monoisotopic (exact) mass is 421 g/mol. The standard InChI is InChI=1S/C22H39N5OS/c1-4-27-9-5-6-21(27)18-26(17-20-14-23-22(29-3)24-15-20)16-19-7-10-25(11-8-19)12-13-28-2/h14-15,19,21H,4-13,16-18H2,1-3H3. The molecule has 1 atom stereocenters. The molecule has 0 aliphatic carbocycles. The first-order valence-corrected chi connectivity index (χ1v) is 12.5. The van der Waals surface area contributed by atoms with Crippen LogP contribution < -0.4 is 0 Å². The third-order valence-corrected chi connectivity index (χ3v) is 7.06. The number of rotatable bonds is 11. The molecule has 2 aliphatic heterocycles. The van der Waals surface area contributed by atoms with E-state index >= 15 is 0 Å². The molecule has 3 rings (SSSR count). The number of hydrogen-bond donors (Lipinski definition) is 0. The van der Waals surface area contributed by atoms with E-state index in [1.54, 1.807) is 18.9 Å². The summed E-state index contributed by atoms with van der Waals surface area (Å²) in [4.78, 5) is 16.9. The molecule has 0 saturated carbocycles. The molecule has 0 aromatic carbocycles. The van der Waals surface area contributed by atoms with Crippen molar-refractivity contribution >= 4 is 11.8 Å². The number of nitrogens with zero attached hydrogens (tertiary/aromatic N) is 5. The Labute approximate surface area is 181 Å². The second-order valence-corrected chi connectivity index (χ2v) is 9.25. The summed E-state index contributed by atoms with van der Waals surface area (Å²) in [5, 5.41) is 0.858. The number of methoxy groups -OCH3 is 1. The van der Waals surface area contributed by atoms with Crippen molar-refractivity contribution in [1.29, 1.82) is 0 Å². The van der Waals surface area contributed by atoms with E-state index in [1.807, 2.05) is 18.6 Å². The maximum absolute atomic E-state index is 5.25. The molecule has 0 bridgehead atoms. The summed E-state index contributed by atoms with van der Waals surface area (Å²) < 4.78 is 5.25. The summed E-state index contributed by atoms with van der Waals surface area (Å²) in [6, 6.07) is 0.702. The Morgan fingerprint density at radius 2 is 1.90 bits per heavy atom. The zero-order valence-corrected chi connectivity index (χ0v) is 19.4. The number of hydrogen-bond acceptors (Lipinski definition) is 7. The van der Waals surface area contributed by atoms with Gasteiger partial charge < -0.3 is 9.64 Å². The minimum Gasteiger partial charge on any atom is -0.383 e. The lowest BCUT2D eigenvalue weighted by Gasteiger charge is -2.36. The summed E-state index contributed by atoms with van der Waals surface area (Å²) in [7, 11) is 1.79. The van der Waals surface area contributed by atoms with E-state index in [0.717, 1.165) is 30.8 Å². The average Bonchev–Trinajstić information content (AvgIpc) is 3.21. The van der Waals surface area contributed by atoms with Crippen LogP contribution in [-0.4, -0.2) is 96.5 Å². The maximum atomic E-state index is 5.25. The summed E-state index contributed by atoms with van der Waals surface area (Å²) in [6.45, 7) is 12.4. The van der Waals surface area contributed by atoms with E-state index in [0.29, 0.717) is 6.04 Å². The average molecular weight is 422 g/mol. The maximum Gasteiger partial charge on any atom is 0.187 e. The molecule has 164 valence electrons. The first-order chi connectivity index (χ1) is 14.2. The molecule has 6 nitrogen and oxygen atoms in total. The predicted octanol–water partition coefficient (Wildman–Crippen LogP) is 2.84. The number of aromatic nitrogens is 2. The Balaban J connectivity index is 1.58. The van der Waals surface area contributed by atoms with Gasteiger partial charge in [-0.05, 0) is 64.0 Å². The molecule has 3 heterocycles. The van der Waals surface area contributed by atoms with Gasteiger partial charge in [0.25, 0.3) is 0 Å². The van der Waals surface area contributed by atoms with Crippen molar-refractivity contribution in [2.24, 2.45) is 5.92 Å². The van der Waals surface area contributed by atoms with Gasteiger partial charge in [-0.3, -0.25) is 9.80 Å². The molecular weight excluding hydrogens is 382 g/mol. The molecule has 1 aromatic rings. The smallest absolute Gasteiger partial charge is 0.187 e. The Hall–Kier alpha value is -0.730. The van der Waals surface area contributed by atoms with Crippen LogP contribution in [0.2, 0.25) is 0 Å². The van der Waals surface area contributed by atoms with E-state index in [-0.39, 0.29) is 0 Å². The molecule has 7 heteroatoms. The topological polar surface area (TPSA) is 44.7 Å². The minimum atomic E-state index is 0.702. The van der Waals surface area contributed by atoms with Crippen LogP contribution in [0.15, 0.2) is 17.6 Å². The summed E-state index contributed by atoms with van der Waals surface area (Å²) in [5.74, 6) is 0.789. The van der Waals surface area contributed by atoms with E-state index in [4.69, 9.17) is 4.74 Å². The van der Waals surface area contributed by atoms with E-state index in [9.17, 15) is 0 Å². The molecule has 1 aromatic heterocycles. The highest BCUT2D eigenvalue weighted by atomic mass is 32.2. The van der Waals surface area contributed by atoms with Gasteiger partial charge in [-0.25, -0.2) is 9.97 Å². The quantitative estimate of drug-likeness (QED) is 0.402. The lowest BCUT2D eigenvalue weighted by Crippen LogP contribution is -2.44. The third-order valence-electron chi connectivity index (χ3n) is 6.48. The lowest BCUT2D eigenvalue weighted by molar-refractivity contribution is 0.0963. The third kappa shape index (κ3) is 7.17. The molecule has 29 heavy (non-hydrogen) atoms. The molecule has 0 N–H and O–H groups in total. The highest BCUT2D eigenvalue weighted by Gasteiger charge is 2.27. The van der Waals surface area contributed by atoms with Crippen LogP contribution in [0, 0.1) is 5.92 Å². The fourth-order valence-corrected chi connectivity index (χ4v) is 5.10. The first-order valence-electron chi connectivity index (χ1n) is 11.2. The zero-order chi connectivity index (χ0) is 20.5. The molecule has 0 radical (unpaired) electrons. The second-order valence-electron chi connectivity index (χ2n) is 8.47. The number of likely N-dealkylation sites (N-methyl/N-ethyl adjacent to an activating group) is 1. The van der Waals surface area contributed by atoms with Crippen LogP contribution in [0.25, 0.3) is 0 Å². The van der Waals surface area contributed by atoms with Gasteiger partial charge in [-0.2, -0.15) is 0 Å². The summed E-state index contributed by atoms with van der Waals surface area (Å²) >= 11 is 1.60. The highest BCUT2D eigenvalue weighted by Crippen LogP contribution is 2.23. The van der Waals surface area contributed by atoms with Gasteiger partial charge in [0, 0.05) is 57.3 Å². The molecule has 2 fully saturated rings. The van der Waals surface area contributed by atoms with Gasteiger partial charge in [-0.15, -0.1) is 0 Å². The van der Waals surface area contributed by atoms with E-state index < -0.39 is 0 Å². The van der Waals surface area contributed by atoms with Crippen molar-refractivity contribution in [2.45, 2.75) is 50.4 Å². The SMILES string of the molecule is CCN1CCCC1CN(Cc1cnc(SC)nc1)CC1CCN(CCOC)CC1. The first kappa shape index (κ1) is 22.9.